The number of rotatable bonds is 6. The van der Waals surface area contributed by atoms with E-state index >= 15 is 0 Å². The summed E-state index contributed by atoms with van der Waals surface area (Å²) in [7, 11) is -4.04. The number of hydrogen-bond donors (Lipinski definition) is 1. The lowest BCUT2D eigenvalue weighted by Gasteiger charge is -2.36. The molecule has 170 valence electrons. The number of para-hydroxylation sites is 2. The highest BCUT2D eigenvalue weighted by Crippen LogP contribution is 2.24. The molecular weight excluding hydrogens is 444 g/mol. The zero-order valence-electron chi connectivity index (χ0n) is 17.6. The zero-order valence-corrected chi connectivity index (χ0v) is 18.4. The highest BCUT2D eigenvalue weighted by Gasteiger charge is 2.25. The van der Waals surface area contributed by atoms with Crippen LogP contribution in [0.5, 0.6) is 0 Å². The fraction of sp³-hybridized carbons (Fsp3) is 0.174. The van der Waals surface area contributed by atoms with Crippen LogP contribution in [-0.4, -0.2) is 50.3 Å². The predicted octanol–water partition coefficient (Wildman–Crippen LogP) is 3.36. The SMILES string of the molecule is O=C(c1ccccc1NS(=O)(=O)c1ccc([N+](=O)[O-])cc1)N1CCN(c2ccccc2)CC1. The van der Waals surface area contributed by atoms with E-state index in [1.54, 1.807) is 23.1 Å². The molecule has 1 heterocycles. The van der Waals surface area contributed by atoms with E-state index in [9.17, 15) is 23.3 Å². The van der Waals surface area contributed by atoms with Crippen molar-refractivity contribution in [2.24, 2.45) is 0 Å². The first kappa shape index (κ1) is 22.3. The fourth-order valence-electron chi connectivity index (χ4n) is 3.69. The van der Waals surface area contributed by atoms with Gasteiger partial charge in [-0.3, -0.25) is 19.6 Å². The summed E-state index contributed by atoms with van der Waals surface area (Å²) >= 11 is 0. The summed E-state index contributed by atoms with van der Waals surface area (Å²) in [5.41, 5.74) is 1.29. The summed E-state index contributed by atoms with van der Waals surface area (Å²) in [6, 6.07) is 20.9. The Kier molecular flexibility index (Phi) is 6.27. The molecule has 9 nitrogen and oxygen atoms in total. The third-order valence-corrected chi connectivity index (χ3v) is 6.83. The van der Waals surface area contributed by atoms with Crippen LogP contribution in [0.4, 0.5) is 17.1 Å². The lowest BCUT2D eigenvalue weighted by atomic mass is 10.1. The fourth-order valence-corrected chi connectivity index (χ4v) is 4.77. The van der Waals surface area contributed by atoms with Crippen molar-refractivity contribution in [3.8, 4) is 0 Å². The average molecular weight is 467 g/mol. The number of nitro groups is 1. The van der Waals surface area contributed by atoms with Crippen LogP contribution >= 0.6 is 0 Å². The van der Waals surface area contributed by atoms with Gasteiger partial charge in [-0.25, -0.2) is 8.42 Å². The third kappa shape index (κ3) is 4.96. The van der Waals surface area contributed by atoms with E-state index in [1.165, 1.54) is 6.07 Å². The van der Waals surface area contributed by atoms with E-state index in [-0.39, 0.29) is 27.7 Å². The molecule has 1 fully saturated rings. The molecule has 1 N–H and O–H groups in total. The standard InChI is InChI=1S/C23H22N4O5S/c28-23(26-16-14-25(15-17-26)18-6-2-1-3-7-18)21-8-4-5-9-22(21)24-33(31,32)20-12-10-19(11-13-20)27(29)30/h1-13,24H,14-17H2. The molecule has 33 heavy (non-hydrogen) atoms. The Hall–Kier alpha value is -3.92. The number of sulfonamides is 1. The number of amides is 1. The van der Waals surface area contributed by atoms with Crippen molar-refractivity contribution < 1.29 is 18.1 Å². The molecule has 0 spiro atoms. The van der Waals surface area contributed by atoms with Crippen molar-refractivity contribution >= 4 is 33.0 Å². The number of nitro benzene ring substituents is 1. The Labute approximate surface area is 191 Å². The Balaban J connectivity index is 1.49. The lowest BCUT2D eigenvalue weighted by molar-refractivity contribution is -0.384. The second-order valence-corrected chi connectivity index (χ2v) is 9.20. The molecule has 4 rings (SSSR count). The van der Waals surface area contributed by atoms with Crippen molar-refractivity contribution in [2.75, 3.05) is 35.8 Å². The maximum absolute atomic E-state index is 13.2. The number of piperazine rings is 1. The molecule has 1 saturated heterocycles. The van der Waals surface area contributed by atoms with Crippen LogP contribution in [0, 0.1) is 10.1 Å². The first-order valence-electron chi connectivity index (χ1n) is 10.3. The first-order chi connectivity index (χ1) is 15.8. The molecule has 1 aliphatic rings. The molecule has 3 aromatic rings. The van der Waals surface area contributed by atoms with Crippen molar-refractivity contribution in [3.63, 3.8) is 0 Å². The highest BCUT2D eigenvalue weighted by atomic mass is 32.2. The summed E-state index contributed by atoms with van der Waals surface area (Å²) in [5, 5.41) is 10.8. The number of hydrogen-bond acceptors (Lipinski definition) is 6. The normalized spacial score (nSPS) is 14.1. The molecule has 10 heteroatoms. The van der Waals surface area contributed by atoms with Gasteiger partial charge in [-0.1, -0.05) is 30.3 Å². The lowest BCUT2D eigenvalue weighted by Crippen LogP contribution is -2.48. The Morgan fingerprint density at radius 3 is 2.09 bits per heavy atom. The molecule has 0 bridgehead atoms. The molecule has 0 saturated carbocycles. The summed E-state index contributed by atoms with van der Waals surface area (Å²) in [5.74, 6) is -0.260. The topological polar surface area (TPSA) is 113 Å². The molecule has 0 aliphatic carbocycles. The van der Waals surface area contributed by atoms with Gasteiger partial charge in [0.15, 0.2) is 0 Å². The van der Waals surface area contributed by atoms with Crippen LogP contribution in [0.2, 0.25) is 0 Å². The van der Waals surface area contributed by atoms with Crippen molar-refractivity contribution in [2.45, 2.75) is 4.90 Å². The van der Waals surface area contributed by atoms with Crippen LogP contribution in [0.25, 0.3) is 0 Å². The minimum atomic E-state index is -4.04. The number of anilines is 2. The summed E-state index contributed by atoms with van der Waals surface area (Å²) in [6.45, 7) is 2.37. The van der Waals surface area contributed by atoms with Crippen LogP contribution in [0.15, 0.2) is 83.8 Å². The summed E-state index contributed by atoms with van der Waals surface area (Å²) < 4.78 is 28.1. The van der Waals surface area contributed by atoms with Gasteiger partial charge in [0.25, 0.3) is 21.6 Å². The van der Waals surface area contributed by atoms with E-state index in [4.69, 9.17) is 0 Å². The van der Waals surface area contributed by atoms with E-state index in [0.29, 0.717) is 26.2 Å². The van der Waals surface area contributed by atoms with Gasteiger partial charge in [0.05, 0.1) is 21.1 Å². The second kappa shape index (κ2) is 9.29. The van der Waals surface area contributed by atoms with Gasteiger partial charge in [-0.05, 0) is 36.4 Å². The predicted molar refractivity (Wildman–Crippen MR) is 125 cm³/mol. The van der Waals surface area contributed by atoms with Gasteiger partial charge in [0.2, 0.25) is 0 Å². The van der Waals surface area contributed by atoms with Crippen molar-refractivity contribution in [1.29, 1.82) is 0 Å². The smallest absolute Gasteiger partial charge is 0.269 e. The molecular formula is C23H22N4O5S. The van der Waals surface area contributed by atoms with E-state index < -0.39 is 14.9 Å². The number of carbonyl (C=O) groups excluding carboxylic acids is 1. The minimum Gasteiger partial charge on any atom is -0.368 e. The van der Waals surface area contributed by atoms with Gasteiger partial charge in [0, 0.05) is 44.0 Å². The number of non-ortho nitro benzene ring substituents is 1. The van der Waals surface area contributed by atoms with Gasteiger partial charge < -0.3 is 9.80 Å². The average Bonchev–Trinajstić information content (AvgIpc) is 2.84. The maximum Gasteiger partial charge on any atom is 0.269 e. The van der Waals surface area contributed by atoms with E-state index in [1.807, 2.05) is 30.3 Å². The molecule has 0 radical (unpaired) electrons. The summed E-state index contributed by atoms with van der Waals surface area (Å²) in [6.07, 6.45) is 0. The summed E-state index contributed by atoms with van der Waals surface area (Å²) in [4.78, 5) is 27.2. The molecule has 0 atom stereocenters. The van der Waals surface area contributed by atoms with Gasteiger partial charge in [-0.2, -0.15) is 0 Å². The van der Waals surface area contributed by atoms with Crippen molar-refractivity contribution in [1.82, 2.24) is 4.90 Å². The van der Waals surface area contributed by atoms with E-state index in [0.717, 1.165) is 30.0 Å². The number of nitrogens with zero attached hydrogens (tertiary/aromatic N) is 3. The zero-order chi connectivity index (χ0) is 23.4. The van der Waals surface area contributed by atoms with Crippen LogP contribution < -0.4 is 9.62 Å². The van der Waals surface area contributed by atoms with Crippen LogP contribution in [-0.2, 0) is 10.0 Å². The molecule has 3 aromatic carbocycles. The molecule has 1 amide bonds. The number of nitrogens with one attached hydrogen (secondary N) is 1. The Bertz CT molecular complexity index is 1260. The quantitative estimate of drug-likeness (QED) is 0.440. The Morgan fingerprint density at radius 1 is 0.848 bits per heavy atom. The first-order valence-corrected chi connectivity index (χ1v) is 11.8. The largest absolute Gasteiger partial charge is 0.368 e. The Morgan fingerprint density at radius 2 is 1.45 bits per heavy atom. The molecule has 1 aliphatic heterocycles. The van der Waals surface area contributed by atoms with E-state index in [2.05, 4.69) is 9.62 Å². The van der Waals surface area contributed by atoms with Gasteiger partial charge >= 0.3 is 0 Å². The number of carbonyl (C=O) groups is 1. The minimum absolute atomic E-state index is 0.133. The van der Waals surface area contributed by atoms with Crippen molar-refractivity contribution in [3.05, 3.63) is 94.5 Å². The van der Waals surface area contributed by atoms with Gasteiger partial charge in [0.1, 0.15) is 0 Å². The van der Waals surface area contributed by atoms with Crippen LogP contribution in [0.3, 0.4) is 0 Å². The monoisotopic (exact) mass is 466 g/mol. The molecule has 0 aromatic heterocycles. The van der Waals surface area contributed by atoms with Gasteiger partial charge in [-0.15, -0.1) is 0 Å². The maximum atomic E-state index is 13.2. The molecule has 0 unspecified atom stereocenters. The second-order valence-electron chi connectivity index (χ2n) is 7.52. The van der Waals surface area contributed by atoms with Crippen LogP contribution in [0.1, 0.15) is 10.4 Å². The highest BCUT2D eigenvalue weighted by molar-refractivity contribution is 7.92. The third-order valence-electron chi connectivity index (χ3n) is 5.45. The number of benzene rings is 3.